The van der Waals surface area contributed by atoms with E-state index in [9.17, 15) is 10.1 Å². The lowest BCUT2D eigenvalue weighted by Gasteiger charge is -2.17. The van der Waals surface area contributed by atoms with Gasteiger partial charge in [-0.15, -0.1) is 11.3 Å². The second-order valence-corrected chi connectivity index (χ2v) is 8.56. The van der Waals surface area contributed by atoms with Crippen LogP contribution in [0.25, 0.3) is 21.9 Å². The van der Waals surface area contributed by atoms with E-state index in [0.717, 1.165) is 51.7 Å². The van der Waals surface area contributed by atoms with Gasteiger partial charge in [-0.05, 0) is 61.8 Å². The molecule has 0 amide bonds. The van der Waals surface area contributed by atoms with Gasteiger partial charge in [0.2, 0.25) is 0 Å². The molecule has 2 aromatic heterocycles. The van der Waals surface area contributed by atoms with Gasteiger partial charge in [0.1, 0.15) is 10.9 Å². The number of benzene rings is 1. The van der Waals surface area contributed by atoms with Crippen molar-refractivity contribution in [2.45, 2.75) is 40.0 Å². The molecule has 1 unspecified atom stereocenters. The number of fused-ring (bicyclic) bond motifs is 3. The van der Waals surface area contributed by atoms with Gasteiger partial charge in [-0.1, -0.05) is 30.7 Å². The first kappa shape index (κ1) is 17.7. The van der Waals surface area contributed by atoms with E-state index in [1.54, 1.807) is 11.3 Å². The van der Waals surface area contributed by atoms with Crippen molar-refractivity contribution in [3.8, 4) is 6.07 Å². The maximum Gasteiger partial charge on any atom is 0.260 e. The molecule has 1 atom stereocenters. The molecule has 1 aromatic carbocycles. The third kappa shape index (κ3) is 3.22. The Labute approximate surface area is 162 Å². The van der Waals surface area contributed by atoms with Gasteiger partial charge in [-0.25, -0.2) is 4.98 Å². The number of hydrogen-bond acceptors (Lipinski definition) is 4. The van der Waals surface area contributed by atoms with Crippen LogP contribution in [-0.4, -0.2) is 9.97 Å². The molecule has 1 aliphatic carbocycles. The van der Waals surface area contributed by atoms with Gasteiger partial charge in [0, 0.05) is 4.88 Å². The highest BCUT2D eigenvalue weighted by molar-refractivity contribution is 7.18. The van der Waals surface area contributed by atoms with E-state index in [0.29, 0.717) is 17.3 Å². The Morgan fingerprint density at radius 1 is 1.41 bits per heavy atom. The summed E-state index contributed by atoms with van der Waals surface area (Å²) in [6, 6.07) is 8.32. The normalized spacial score (nSPS) is 17.0. The predicted molar refractivity (Wildman–Crippen MR) is 111 cm³/mol. The highest BCUT2D eigenvalue weighted by atomic mass is 32.1. The van der Waals surface area contributed by atoms with Gasteiger partial charge < -0.3 is 4.98 Å². The van der Waals surface area contributed by atoms with Crippen LogP contribution >= 0.6 is 11.3 Å². The SMILES string of the molecule is Cc1ccc(C)c(/C=C(\C#N)c2nc3sc4c(c3c(=O)[nH]2)CCC(C)C4)c1. The van der Waals surface area contributed by atoms with Gasteiger partial charge in [-0.2, -0.15) is 5.26 Å². The van der Waals surface area contributed by atoms with Crippen molar-refractivity contribution < 1.29 is 0 Å². The Kier molecular flexibility index (Phi) is 4.45. The Morgan fingerprint density at radius 2 is 2.22 bits per heavy atom. The largest absolute Gasteiger partial charge is 0.305 e. The van der Waals surface area contributed by atoms with Crippen LogP contribution in [-0.2, 0) is 12.8 Å². The maximum atomic E-state index is 12.8. The van der Waals surface area contributed by atoms with Crippen molar-refractivity contribution in [2.75, 3.05) is 0 Å². The van der Waals surface area contributed by atoms with Crippen molar-refractivity contribution in [2.24, 2.45) is 5.92 Å². The van der Waals surface area contributed by atoms with Crippen molar-refractivity contribution in [1.82, 2.24) is 9.97 Å². The monoisotopic (exact) mass is 375 g/mol. The van der Waals surface area contributed by atoms with Crippen LogP contribution in [0.1, 0.15) is 46.3 Å². The number of aryl methyl sites for hydroxylation is 3. The first-order chi connectivity index (χ1) is 13.0. The van der Waals surface area contributed by atoms with Gasteiger partial charge in [-0.3, -0.25) is 4.79 Å². The van der Waals surface area contributed by atoms with Crippen molar-refractivity contribution in [3.05, 3.63) is 61.5 Å². The van der Waals surface area contributed by atoms with E-state index in [-0.39, 0.29) is 5.56 Å². The van der Waals surface area contributed by atoms with Crippen LogP contribution in [0.2, 0.25) is 0 Å². The second-order valence-electron chi connectivity index (χ2n) is 7.48. The molecular weight excluding hydrogens is 354 g/mol. The quantitative estimate of drug-likeness (QED) is 0.655. The van der Waals surface area contributed by atoms with Gasteiger partial charge in [0.05, 0.1) is 11.0 Å². The first-order valence-corrected chi connectivity index (χ1v) is 10.0. The highest BCUT2D eigenvalue weighted by Crippen LogP contribution is 2.36. The van der Waals surface area contributed by atoms with Crippen LogP contribution in [0.5, 0.6) is 0 Å². The molecule has 0 fully saturated rings. The molecule has 4 rings (SSSR count). The topological polar surface area (TPSA) is 69.5 Å². The minimum Gasteiger partial charge on any atom is -0.305 e. The van der Waals surface area contributed by atoms with E-state index in [1.165, 1.54) is 4.88 Å². The summed E-state index contributed by atoms with van der Waals surface area (Å²) in [7, 11) is 0. The average molecular weight is 375 g/mol. The minimum atomic E-state index is -0.135. The molecule has 0 aliphatic heterocycles. The molecule has 1 aliphatic rings. The third-order valence-corrected chi connectivity index (χ3v) is 6.42. The van der Waals surface area contributed by atoms with Crippen LogP contribution in [0, 0.1) is 31.1 Å². The lowest BCUT2D eigenvalue weighted by atomic mass is 9.89. The summed E-state index contributed by atoms with van der Waals surface area (Å²) in [4.78, 5) is 22.3. The molecule has 1 N–H and O–H groups in total. The minimum absolute atomic E-state index is 0.135. The summed E-state index contributed by atoms with van der Waals surface area (Å²) >= 11 is 1.60. The number of aromatic nitrogens is 2. The number of allylic oxidation sites excluding steroid dienone is 1. The molecule has 0 bridgehead atoms. The van der Waals surface area contributed by atoms with Crippen LogP contribution in [0.4, 0.5) is 0 Å². The number of nitrogens with one attached hydrogen (secondary N) is 1. The van der Waals surface area contributed by atoms with Gasteiger partial charge in [0.15, 0.2) is 5.82 Å². The van der Waals surface area contributed by atoms with Gasteiger partial charge >= 0.3 is 0 Å². The number of nitrogens with zero attached hydrogens (tertiary/aromatic N) is 2. The fourth-order valence-corrected chi connectivity index (χ4v) is 5.08. The average Bonchev–Trinajstić information content (AvgIpc) is 3.00. The molecule has 4 nitrogen and oxygen atoms in total. The molecule has 2 heterocycles. The number of aromatic amines is 1. The van der Waals surface area contributed by atoms with Gasteiger partial charge in [0.25, 0.3) is 5.56 Å². The smallest absolute Gasteiger partial charge is 0.260 e. The molecule has 136 valence electrons. The Morgan fingerprint density at radius 3 is 3.00 bits per heavy atom. The zero-order valence-electron chi connectivity index (χ0n) is 15.7. The van der Waals surface area contributed by atoms with Crippen LogP contribution < -0.4 is 5.56 Å². The number of hydrogen-bond donors (Lipinski definition) is 1. The molecule has 0 saturated heterocycles. The molecule has 0 spiro atoms. The molecular formula is C22H21N3OS. The Balaban J connectivity index is 1.86. The van der Waals surface area contributed by atoms with E-state index in [2.05, 4.69) is 23.0 Å². The van der Waals surface area contributed by atoms with E-state index >= 15 is 0 Å². The molecule has 5 heteroatoms. The van der Waals surface area contributed by atoms with Crippen LogP contribution in [0.15, 0.2) is 23.0 Å². The molecule has 3 aromatic rings. The highest BCUT2D eigenvalue weighted by Gasteiger charge is 2.23. The van der Waals surface area contributed by atoms with Crippen molar-refractivity contribution in [1.29, 1.82) is 5.26 Å². The van der Waals surface area contributed by atoms with Crippen LogP contribution in [0.3, 0.4) is 0 Å². The lowest BCUT2D eigenvalue weighted by molar-refractivity contribution is 0.509. The standard InChI is InChI=1S/C22H21N3OS/c1-12-4-6-14(3)15(8-12)10-16(11-23)20-24-21(26)19-17-7-5-13(2)9-18(17)27-22(19)25-20/h4,6,8,10,13H,5,7,9H2,1-3H3,(H,24,25,26)/b16-10+. The number of thiophene rings is 1. The van der Waals surface area contributed by atoms with E-state index in [1.807, 2.05) is 38.1 Å². The lowest BCUT2D eigenvalue weighted by Crippen LogP contribution is -2.14. The van der Waals surface area contributed by atoms with E-state index in [4.69, 9.17) is 0 Å². The number of nitriles is 1. The van der Waals surface area contributed by atoms with Crippen molar-refractivity contribution >= 4 is 33.2 Å². The number of H-pyrrole nitrogens is 1. The zero-order chi connectivity index (χ0) is 19.1. The zero-order valence-corrected chi connectivity index (χ0v) is 16.5. The first-order valence-electron chi connectivity index (χ1n) is 9.20. The third-order valence-electron chi connectivity index (χ3n) is 5.28. The number of rotatable bonds is 2. The summed E-state index contributed by atoms with van der Waals surface area (Å²) in [6.45, 7) is 6.28. The molecule has 27 heavy (non-hydrogen) atoms. The Hall–Kier alpha value is -2.71. The summed E-state index contributed by atoms with van der Waals surface area (Å²) < 4.78 is 0. The summed E-state index contributed by atoms with van der Waals surface area (Å²) in [5, 5.41) is 10.4. The summed E-state index contributed by atoms with van der Waals surface area (Å²) in [5.74, 6) is 0.991. The molecule has 0 radical (unpaired) electrons. The maximum absolute atomic E-state index is 12.8. The van der Waals surface area contributed by atoms with E-state index < -0.39 is 0 Å². The van der Waals surface area contributed by atoms with Crippen molar-refractivity contribution in [3.63, 3.8) is 0 Å². The summed E-state index contributed by atoms with van der Waals surface area (Å²) in [5.41, 5.74) is 4.57. The summed E-state index contributed by atoms with van der Waals surface area (Å²) in [6.07, 6.45) is 4.86. The Bertz CT molecular complexity index is 1180. The fourth-order valence-electron chi connectivity index (χ4n) is 3.70. The predicted octanol–water partition coefficient (Wildman–Crippen LogP) is 4.79. The second kappa shape index (κ2) is 6.79. The fraction of sp³-hybridized carbons (Fsp3) is 0.318. The molecule has 0 saturated carbocycles.